The molecule has 1 aliphatic rings. The number of likely N-dealkylation sites (N-methyl/N-ethyl adjacent to an activating group) is 1. The van der Waals surface area contributed by atoms with Gasteiger partial charge in [-0.1, -0.05) is 30.3 Å². The molecule has 2 heterocycles. The Kier molecular flexibility index (Phi) is 3.13. The molecule has 1 aliphatic heterocycles. The van der Waals surface area contributed by atoms with E-state index in [4.69, 9.17) is 0 Å². The number of halogens is 1. The zero-order valence-corrected chi connectivity index (χ0v) is 10.7. The standard InChI is InChI=1S/C14H15FN4/c1-16-11-7-19(8-11)14-12(15)13(17-9-18-14)10-5-3-2-4-6-10/h2-6,9,11,16H,7-8H2,1H3. The molecular formula is C14H15FN4. The minimum Gasteiger partial charge on any atom is -0.351 e. The number of nitrogens with zero attached hydrogens (tertiary/aromatic N) is 3. The van der Waals surface area contributed by atoms with Gasteiger partial charge in [0.1, 0.15) is 12.0 Å². The van der Waals surface area contributed by atoms with Crippen LogP contribution >= 0.6 is 0 Å². The van der Waals surface area contributed by atoms with E-state index in [0.29, 0.717) is 17.6 Å². The predicted molar refractivity (Wildman–Crippen MR) is 72.5 cm³/mol. The van der Waals surface area contributed by atoms with Crippen molar-refractivity contribution in [2.45, 2.75) is 6.04 Å². The molecule has 0 bridgehead atoms. The molecule has 98 valence electrons. The molecule has 1 aromatic carbocycles. The summed E-state index contributed by atoms with van der Waals surface area (Å²) >= 11 is 0. The van der Waals surface area contributed by atoms with Crippen LogP contribution in [-0.4, -0.2) is 36.1 Å². The summed E-state index contributed by atoms with van der Waals surface area (Å²) in [5.74, 6) is 0.0450. The maximum Gasteiger partial charge on any atom is 0.191 e. The molecule has 0 saturated carbocycles. The number of rotatable bonds is 3. The third-order valence-corrected chi connectivity index (χ3v) is 3.41. The predicted octanol–water partition coefficient (Wildman–Crippen LogP) is 1.69. The Morgan fingerprint density at radius 1 is 1.21 bits per heavy atom. The highest BCUT2D eigenvalue weighted by Gasteiger charge is 2.29. The summed E-state index contributed by atoms with van der Waals surface area (Å²) in [6, 6.07) is 9.75. The lowest BCUT2D eigenvalue weighted by Gasteiger charge is -2.40. The Hall–Kier alpha value is -2.01. The van der Waals surface area contributed by atoms with Gasteiger partial charge < -0.3 is 10.2 Å². The lowest BCUT2D eigenvalue weighted by Crippen LogP contribution is -2.57. The topological polar surface area (TPSA) is 41.0 Å². The molecule has 3 rings (SSSR count). The van der Waals surface area contributed by atoms with Crippen LogP contribution in [0.15, 0.2) is 36.7 Å². The summed E-state index contributed by atoms with van der Waals surface area (Å²) in [5.41, 5.74) is 1.13. The molecule has 0 amide bonds. The van der Waals surface area contributed by atoms with Crippen LogP contribution in [-0.2, 0) is 0 Å². The van der Waals surface area contributed by atoms with E-state index >= 15 is 0 Å². The van der Waals surface area contributed by atoms with Crippen LogP contribution in [0.5, 0.6) is 0 Å². The van der Waals surface area contributed by atoms with Crippen molar-refractivity contribution in [3.05, 3.63) is 42.5 Å². The molecule has 1 aromatic heterocycles. The number of hydrogen-bond donors (Lipinski definition) is 1. The van der Waals surface area contributed by atoms with Crippen molar-refractivity contribution >= 4 is 5.82 Å². The lowest BCUT2D eigenvalue weighted by molar-refractivity contribution is 0.438. The highest BCUT2D eigenvalue weighted by Crippen LogP contribution is 2.28. The average molecular weight is 258 g/mol. The molecular weight excluding hydrogens is 243 g/mol. The fourth-order valence-corrected chi connectivity index (χ4v) is 2.21. The summed E-state index contributed by atoms with van der Waals surface area (Å²) < 4.78 is 14.5. The van der Waals surface area contributed by atoms with Gasteiger partial charge in [-0.25, -0.2) is 14.4 Å². The van der Waals surface area contributed by atoms with Gasteiger partial charge in [-0.05, 0) is 7.05 Å². The number of nitrogens with one attached hydrogen (secondary N) is 1. The largest absolute Gasteiger partial charge is 0.351 e. The van der Waals surface area contributed by atoms with E-state index in [1.807, 2.05) is 42.3 Å². The Morgan fingerprint density at radius 2 is 1.95 bits per heavy atom. The van der Waals surface area contributed by atoms with Crippen LogP contribution in [0.3, 0.4) is 0 Å². The van der Waals surface area contributed by atoms with E-state index in [9.17, 15) is 4.39 Å². The summed E-state index contributed by atoms with van der Waals surface area (Å²) in [7, 11) is 1.91. The first-order chi connectivity index (χ1) is 9.29. The summed E-state index contributed by atoms with van der Waals surface area (Å²) in [5, 5.41) is 3.16. The Balaban J connectivity index is 1.92. The summed E-state index contributed by atoms with van der Waals surface area (Å²) in [6.45, 7) is 1.55. The fourth-order valence-electron chi connectivity index (χ4n) is 2.21. The van der Waals surface area contributed by atoms with E-state index in [1.165, 1.54) is 6.33 Å². The van der Waals surface area contributed by atoms with Gasteiger partial charge in [-0.2, -0.15) is 0 Å². The Labute approximate surface area is 111 Å². The van der Waals surface area contributed by atoms with Gasteiger partial charge in [0.15, 0.2) is 11.6 Å². The van der Waals surface area contributed by atoms with Gasteiger partial charge in [0.25, 0.3) is 0 Å². The summed E-state index contributed by atoms with van der Waals surface area (Å²) in [4.78, 5) is 10.0. The van der Waals surface area contributed by atoms with E-state index in [-0.39, 0.29) is 5.82 Å². The molecule has 0 atom stereocenters. The second-order valence-electron chi connectivity index (χ2n) is 4.62. The van der Waals surface area contributed by atoms with Crippen LogP contribution < -0.4 is 10.2 Å². The maximum atomic E-state index is 14.5. The van der Waals surface area contributed by atoms with E-state index in [1.54, 1.807) is 0 Å². The first kappa shape index (κ1) is 12.0. The monoisotopic (exact) mass is 258 g/mol. The highest BCUT2D eigenvalue weighted by molar-refractivity contribution is 5.64. The normalized spacial score (nSPS) is 15.4. The van der Waals surface area contributed by atoms with Crippen LogP contribution in [0.4, 0.5) is 10.2 Å². The molecule has 4 nitrogen and oxygen atoms in total. The maximum absolute atomic E-state index is 14.5. The molecule has 19 heavy (non-hydrogen) atoms. The van der Waals surface area contributed by atoms with Gasteiger partial charge in [-0.3, -0.25) is 0 Å². The first-order valence-electron chi connectivity index (χ1n) is 6.27. The number of hydrogen-bond acceptors (Lipinski definition) is 4. The molecule has 0 unspecified atom stereocenters. The van der Waals surface area contributed by atoms with Crippen molar-refractivity contribution in [3.63, 3.8) is 0 Å². The van der Waals surface area contributed by atoms with Gasteiger partial charge in [0, 0.05) is 24.7 Å². The first-order valence-corrected chi connectivity index (χ1v) is 6.27. The zero-order valence-electron chi connectivity index (χ0n) is 10.7. The smallest absolute Gasteiger partial charge is 0.191 e. The van der Waals surface area contributed by atoms with Crippen molar-refractivity contribution in [1.82, 2.24) is 15.3 Å². The van der Waals surface area contributed by atoms with E-state index < -0.39 is 0 Å². The Bertz CT molecular complexity index is 567. The van der Waals surface area contributed by atoms with Gasteiger partial charge >= 0.3 is 0 Å². The van der Waals surface area contributed by atoms with Gasteiger partial charge in [0.05, 0.1) is 0 Å². The summed E-state index contributed by atoms with van der Waals surface area (Å²) in [6.07, 6.45) is 1.42. The molecule has 2 aromatic rings. The zero-order chi connectivity index (χ0) is 13.2. The van der Waals surface area contributed by atoms with Gasteiger partial charge in [0.2, 0.25) is 0 Å². The second kappa shape index (κ2) is 4.93. The minimum absolute atomic E-state index is 0.344. The SMILES string of the molecule is CNC1CN(c2ncnc(-c3ccccc3)c2F)C1. The molecule has 5 heteroatoms. The fraction of sp³-hybridized carbons (Fsp3) is 0.286. The van der Waals surface area contributed by atoms with Crippen LogP contribution in [0.1, 0.15) is 0 Å². The Morgan fingerprint density at radius 3 is 2.63 bits per heavy atom. The van der Waals surface area contributed by atoms with E-state index in [0.717, 1.165) is 18.7 Å². The van der Waals surface area contributed by atoms with Crippen molar-refractivity contribution in [1.29, 1.82) is 0 Å². The molecule has 0 aliphatic carbocycles. The van der Waals surface area contributed by atoms with Crippen LogP contribution in [0, 0.1) is 5.82 Å². The van der Waals surface area contributed by atoms with Crippen molar-refractivity contribution in [2.75, 3.05) is 25.0 Å². The molecule has 1 saturated heterocycles. The highest BCUT2D eigenvalue weighted by atomic mass is 19.1. The minimum atomic E-state index is -0.344. The van der Waals surface area contributed by atoms with Crippen LogP contribution in [0.25, 0.3) is 11.3 Å². The third kappa shape index (κ3) is 2.17. The number of anilines is 1. The number of aromatic nitrogens is 2. The quantitative estimate of drug-likeness (QED) is 0.909. The molecule has 1 N–H and O–H groups in total. The number of benzene rings is 1. The van der Waals surface area contributed by atoms with E-state index in [2.05, 4.69) is 15.3 Å². The van der Waals surface area contributed by atoms with Crippen LogP contribution in [0.2, 0.25) is 0 Å². The molecule has 0 spiro atoms. The lowest BCUT2D eigenvalue weighted by atomic mass is 10.1. The average Bonchev–Trinajstić information content (AvgIpc) is 2.40. The second-order valence-corrected chi connectivity index (χ2v) is 4.62. The van der Waals surface area contributed by atoms with Crippen molar-refractivity contribution < 1.29 is 4.39 Å². The molecule has 0 radical (unpaired) electrons. The van der Waals surface area contributed by atoms with Crippen molar-refractivity contribution in [2.24, 2.45) is 0 Å². The third-order valence-electron chi connectivity index (χ3n) is 3.41. The molecule has 1 fully saturated rings. The van der Waals surface area contributed by atoms with Gasteiger partial charge in [-0.15, -0.1) is 0 Å². The van der Waals surface area contributed by atoms with Crippen molar-refractivity contribution in [3.8, 4) is 11.3 Å².